The molecule has 5 aliphatic rings. The van der Waals surface area contributed by atoms with E-state index in [1.165, 1.54) is 50.8 Å². The first-order valence-electron chi connectivity index (χ1n) is 16.7. The van der Waals surface area contributed by atoms with Gasteiger partial charge >= 0.3 is 6.18 Å². The average molecular weight is 605 g/mol. The maximum absolute atomic E-state index is 13.2. The first kappa shape index (κ1) is 29.7. The third-order valence-electron chi connectivity index (χ3n) is 11.5. The van der Waals surface area contributed by atoms with E-state index >= 15 is 0 Å². The van der Waals surface area contributed by atoms with Gasteiger partial charge in [-0.3, -0.25) is 9.58 Å². The van der Waals surface area contributed by atoms with E-state index in [9.17, 15) is 13.2 Å². The minimum absolute atomic E-state index is 0.0471. The van der Waals surface area contributed by atoms with Gasteiger partial charge < -0.3 is 14.0 Å². The quantitative estimate of drug-likeness (QED) is 0.370. The zero-order valence-electron chi connectivity index (χ0n) is 25.5. The van der Waals surface area contributed by atoms with E-state index in [0.717, 1.165) is 50.8 Å². The van der Waals surface area contributed by atoms with Crippen molar-refractivity contribution in [2.24, 2.45) is 18.4 Å². The number of halogens is 3. The van der Waals surface area contributed by atoms with Gasteiger partial charge in [-0.05, 0) is 88.5 Å². The third kappa shape index (κ3) is 6.27. The molecule has 7 rings (SSSR count). The highest BCUT2D eigenvalue weighted by Crippen LogP contribution is 2.44. The van der Waals surface area contributed by atoms with Crippen LogP contribution in [0, 0.1) is 11.3 Å². The van der Waals surface area contributed by atoms with Crippen LogP contribution in [0.2, 0.25) is 0 Å². The Morgan fingerprint density at radius 1 is 0.953 bits per heavy atom. The van der Waals surface area contributed by atoms with Crippen LogP contribution >= 0.6 is 0 Å². The van der Waals surface area contributed by atoms with E-state index in [-0.39, 0.29) is 25.6 Å². The van der Waals surface area contributed by atoms with Crippen molar-refractivity contribution >= 4 is 0 Å². The molecule has 0 N–H and O–H groups in total. The van der Waals surface area contributed by atoms with Gasteiger partial charge in [-0.1, -0.05) is 6.42 Å². The molecule has 2 saturated heterocycles. The highest BCUT2D eigenvalue weighted by atomic mass is 19.4. The molecule has 4 heterocycles. The van der Waals surface area contributed by atoms with Crippen molar-refractivity contribution in [3.8, 4) is 0 Å². The summed E-state index contributed by atoms with van der Waals surface area (Å²) in [5.41, 5.74) is 1.83. The Labute approximate surface area is 252 Å². The van der Waals surface area contributed by atoms with Gasteiger partial charge in [0.25, 0.3) is 0 Å². The highest BCUT2D eigenvalue weighted by Gasteiger charge is 2.48. The van der Waals surface area contributed by atoms with Crippen LogP contribution in [0.3, 0.4) is 0 Å². The second-order valence-electron chi connectivity index (χ2n) is 14.3. The zero-order valence-corrected chi connectivity index (χ0v) is 25.5. The lowest BCUT2D eigenvalue weighted by Crippen LogP contribution is -2.60. The number of nitrogens with zero attached hydrogens (tertiary/aromatic N) is 6. The molecular weight excluding hydrogens is 557 g/mol. The van der Waals surface area contributed by atoms with Crippen molar-refractivity contribution in [1.82, 2.24) is 29.4 Å². The summed E-state index contributed by atoms with van der Waals surface area (Å²) in [5, 5.41) is 13.7. The van der Waals surface area contributed by atoms with Gasteiger partial charge in [-0.2, -0.15) is 18.3 Å². The predicted molar refractivity (Wildman–Crippen MR) is 155 cm³/mol. The Morgan fingerprint density at radius 3 is 2.42 bits per heavy atom. The van der Waals surface area contributed by atoms with Crippen molar-refractivity contribution in [2.75, 3.05) is 26.3 Å². The monoisotopic (exact) mass is 604 g/mol. The molecule has 238 valence electrons. The topological polar surface area (TPSA) is 70.2 Å². The molecule has 2 atom stereocenters. The van der Waals surface area contributed by atoms with Gasteiger partial charge in [0.05, 0.1) is 30.9 Å². The van der Waals surface area contributed by atoms with Gasteiger partial charge in [0.1, 0.15) is 12.4 Å². The molecule has 0 amide bonds. The fourth-order valence-electron chi connectivity index (χ4n) is 8.75. The number of rotatable bonds is 7. The fourth-order valence-corrected chi connectivity index (χ4v) is 8.75. The first-order valence-corrected chi connectivity index (χ1v) is 16.7. The number of hydrogen-bond donors (Lipinski definition) is 0. The first-order chi connectivity index (χ1) is 20.8. The molecule has 3 saturated carbocycles. The molecule has 8 nitrogen and oxygen atoms in total. The predicted octanol–water partition coefficient (Wildman–Crippen LogP) is 6.30. The van der Waals surface area contributed by atoms with Crippen LogP contribution in [-0.4, -0.2) is 74.1 Å². The summed E-state index contributed by atoms with van der Waals surface area (Å²) in [5.74, 6) is 1.28. The minimum atomic E-state index is -4.14. The van der Waals surface area contributed by atoms with Gasteiger partial charge in [-0.15, -0.1) is 10.2 Å². The van der Waals surface area contributed by atoms with E-state index in [1.807, 2.05) is 11.6 Å². The molecule has 2 aromatic heterocycles. The molecule has 0 bridgehead atoms. The largest absolute Gasteiger partial charge is 0.391 e. The molecule has 5 fully saturated rings. The molecule has 0 radical (unpaired) electrons. The summed E-state index contributed by atoms with van der Waals surface area (Å²) in [6.45, 7) is 4.57. The summed E-state index contributed by atoms with van der Waals surface area (Å²) < 4.78 is 55.3. The van der Waals surface area contributed by atoms with Crippen molar-refractivity contribution in [3.05, 3.63) is 29.6 Å². The summed E-state index contributed by atoms with van der Waals surface area (Å²) in [6, 6.07) is 1.24. The Balaban J connectivity index is 0.865. The minimum Gasteiger partial charge on any atom is -0.381 e. The summed E-state index contributed by atoms with van der Waals surface area (Å²) >= 11 is 0. The molecule has 2 aromatic rings. The Morgan fingerprint density at radius 2 is 1.70 bits per heavy atom. The smallest absolute Gasteiger partial charge is 0.381 e. The van der Waals surface area contributed by atoms with Crippen LogP contribution in [0.1, 0.15) is 119 Å². The zero-order chi connectivity index (χ0) is 29.6. The lowest BCUT2D eigenvalue weighted by Gasteiger charge is -2.52. The van der Waals surface area contributed by atoms with Gasteiger partial charge in [-0.25, -0.2) is 0 Å². The van der Waals surface area contributed by atoms with E-state index in [2.05, 4.69) is 32.2 Å². The third-order valence-corrected chi connectivity index (χ3v) is 11.5. The lowest BCUT2D eigenvalue weighted by molar-refractivity contribution is -0.193. The summed E-state index contributed by atoms with van der Waals surface area (Å²) in [4.78, 5) is 2.70. The molecule has 2 aliphatic heterocycles. The molecule has 1 spiro atoms. The van der Waals surface area contributed by atoms with Gasteiger partial charge in [0, 0.05) is 50.3 Å². The van der Waals surface area contributed by atoms with Crippen molar-refractivity contribution in [1.29, 1.82) is 0 Å². The van der Waals surface area contributed by atoms with Crippen molar-refractivity contribution in [3.63, 3.8) is 0 Å². The second-order valence-corrected chi connectivity index (χ2v) is 14.3. The molecule has 43 heavy (non-hydrogen) atoms. The molecule has 3 aliphatic carbocycles. The van der Waals surface area contributed by atoms with Crippen molar-refractivity contribution in [2.45, 2.75) is 126 Å². The average Bonchev–Trinajstić information content (AvgIpc) is 3.76. The lowest BCUT2D eigenvalue weighted by atomic mass is 9.76. The van der Waals surface area contributed by atoms with Crippen LogP contribution in [0.15, 0.2) is 12.4 Å². The van der Waals surface area contributed by atoms with Crippen LogP contribution in [-0.2, 0) is 23.1 Å². The normalized spacial score (nSPS) is 33.6. The number of alkyl halides is 3. The van der Waals surface area contributed by atoms with Gasteiger partial charge in [0.15, 0.2) is 5.82 Å². The standard InChI is InChI=1S/C32H47F3N6O2/c1-39-29(18-43-28-4-2-3-25(15-28)32(33,34)35)37-38-30(39)23-7-5-22(6-8-23)24-16-36-41(17-24)27-11-9-26(10-12-27)40-19-31(20-40)13-14-42-21-31/h16-17,22-23,25-28H,2-15,18-21H2,1H3. The molecule has 2 unspecified atom stereocenters. The van der Waals surface area contributed by atoms with Crippen LogP contribution in [0.4, 0.5) is 13.2 Å². The Bertz CT molecular complexity index is 1220. The van der Waals surface area contributed by atoms with E-state index in [1.54, 1.807) is 0 Å². The summed E-state index contributed by atoms with van der Waals surface area (Å²) in [6.07, 6.45) is 11.9. The number of likely N-dealkylation sites (tertiary alicyclic amines) is 1. The summed E-state index contributed by atoms with van der Waals surface area (Å²) in [7, 11) is 1.96. The number of hydrogen-bond acceptors (Lipinski definition) is 6. The SMILES string of the molecule is Cn1c(COC2CCCC(C(F)(F)F)C2)nnc1C1CCC(c2cnn(C3CCC(N4CC5(CCOC5)C4)CC3)c2)CC1. The maximum Gasteiger partial charge on any atom is 0.391 e. The van der Waals surface area contributed by atoms with Crippen LogP contribution in [0.5, 0.6) is 0 Å². The number of aromatic nitrogens is 5. The van der Waals surface area contributed by atoms with Gasteiger partial charge in [0.2, 0.25) is 0 Å². The second kappa shape index (κ2) is 12.1. The number of ether oxygens (including phenoxy) is 2. The van der Waals surface area contributed by atoms with Crippen LogP contribution in [0.25, 0.3) is 0 Å². The van der Waals surface area contributed by atoms with E-state index in [0.29, 0.717) is 42.0 Å². The van der Waals surface area contributed by atoms with E-state index in [4.69, 9.17) is 14.6 Å². The fraction of sp³-hybridized carbons (Fsp3) is 0.844. The Kier molecular flexibility index (Phi) is 8.35. The van der Waals surface area contributed by atoms with Crippen LogP contribution < -0.4 is 0 Å². The van der Waals surface area contributed by atoms with E-state index < -0.39 is 12.1 Å². The molecular formula is C32H47F3N6O2. The molecule has 0 aromatic carbocycles. The maximum atomic E-state index is 13.2. The highest BCUT2D eigenvalue weighted by molar-refractivity contribution is 5.15. The Hall–Kier alpha value is -1.98. The molecule has 11 heteroatoms. The van der Waals surface area contributed by atoms with Crippen molar-refractivity contribution < 1.29 is 22.6 Å².